The van der Waals surface area contributed by atoms with Gasteiger partial charge >= 0.3 is 0 Å². The molecular weight excluding hydrogens is 268 g/mol. The van der Waals surface area contributed by atoms with Crippen LogP contribution in [-0.4, -0.2) is 5.11 Å². The number of halogens is 3. The molecule has 0 aliphatic heterocycles. The topological polar surface area (TPSA) is 46.2 Å². The Hall–Kier alpha value is -0.410. The van der Waals surface area contributed by atoms with Gasteiger partial charge < -0.3 is 10.8 Å². The summed E-state index contributed by atoms with van der Waals surface area (Å²) in [7, 11) is 0. The Labute approximate surface area is 111 Å². The predicted molar refractivity (Wildman–Crippen MR) is 71.7 cm³/mol. The normalized spacial score (nSPS) is 11.8. The minimum Gasteiger partial charge on any atom is -0.508 e. The van der Waals surface area contributed by atoms with Crippen LogP contribution in [0.1, 0.15) is 24.9 Å². The standard InChI is InChI=1S/C11H13Cl2NO.ClH/c1-6(2)3-9(14)11-8(13)4-7(12)5-10(11)15;/h4-5,9,15H,1,3,14H2,2H3;1H/t9-;/m0./s1. The summed E-state index contributed by atoms with van der Waals surface area (Å²) >= 11 is 11.7. The van der Waals surface area contributed by atoms with Crippen LogP contribution in [0.2, 0.25) is 10.0 Å². The van der Waals surface area contributed by atoms with Crippen LogP contribution in [0.25, 0.3) is 0 Å². The van der Waals surface area contributed by atoms with E-state index in [4.69, 9.17) is 28.9 Å². The molecule has 0 aliphatic rings. The highest BCUT2D eigenvalue weighted by Crippen LogP contribution is 2.35. The van der Waals surface area contributed by atoms with Gasteiger partial charge in [-0.25, -0.2) is 0 Å². The molecule has 0 bridgehead atoms. The zero-order valence-corrected chi connectivity index (χ0v) is 11.2. The highest BCUT2D eigenvalue weighted by atomic mass is 35.5. The number of phenols is 1. The zero-order valence-electron chi connectivity index (χ0n) is 8.84. The van der Waals surface area contributed by atoms with E-state index < -0.39 is 0 Å². The molecule has 1 aromatic rings. The number of benzene rings is 1. The maximum Gasteiger partial charge on any atom is 0.123 e. The smallest absolute Gasteiger partial charge is 0.123 e. The Bertz CT molecular complexity index is 370. The number of hydrogen-bond donors (Lipinski definition) is 2. The molecule has 1 atom stereocenters. The second kappa shape index (κ2) is 6.36. The van der Waals surface area contributed by atoms with Crippen LogP contribution in [0.15, 0.2) is 24.3 Å². The Balaban J connectivity index is 0.00000225. The van der Waals surface area contributed by atoms with E-state index in [0.29, 0.717) is 22.0 Å². The van der Waals surface area contributed by atoms with E-state index in [2.05, 4.69) is 6.58 Å². The van der Waals surface area contributed by atoms with Gasteiger partial charge in [0, 0.05) is 16.6 Å². The number of aromatic hydroxyl groups is 1. The van der Waals surface area contributed by atoms with Gasteiger partial charge in [0.2, 0.25) is 0 Å². The van der Waals surface area contributed by atoms with Crippen molar-refractivity contribution < 1.29 is 5.11 Å². The lowest BCUT2D eigenvalue weighted by atomic mass is 10.0. The van der Waals surface area contributed by atoms with Crippen molar-refractivity contribution in [2.75, 3.05) is 0 Å². The van der Waals surface area contributed by atoms with Crippen LogP contribution in [-0.2, 0) is 0 Å². The van der Waals surface area contributed by atoms with Gasteiger partial charge in [-0.15, -0.1) is 19.0 Å². The van der Waals surface area contributed by atoms with E-state index in [1.165, 1.54) is 6.07 Å². The lowest BCUT2D eigenvalue weighted by Gasteiger charge is -2.15. The van der Waals surface area contributed by atoms with Gasteiger partial charge in [-0.1, -0.05) is 28.8 Å². The first-order valence-corrected chi connectivity index (χ1v) is 5.25. The largest absolute Gasteiger partial charge is 0.508 e. The molecule has 0 heterocycles. The maximum absolute atomic E-state index is 9.68. The Morgan fingerprint density at radius 1 is 1.50 bits per heavy atom. The molecule has 3 N–H and O–H groups in total. The van der Waals surface area contributed by atoms with Crippen LogP contribution in [0.3, 0.4) is 0 Å². The molecule has 0 unspecified atom stereocenters. The number of phenolic OH excluding ortho intramolecular Hbond substituents is 1. The van der Waals surface area contributed by atoms with Crippen molar-refractivity contribution in [3.8, 4) is 5.75 Å². The SMILES string of the molecule is C=C(C)C[C@H](N)c1c(O)cc(Cl)cc1Cl.Cl. The molecule has 0 aromatic heterocycles. The second-order valence-electron chi connectivity index (χ2n) is 3.59. The molecule has 0 aliphatic carbocycles. The molecule has 16 heavy (non-hydrogen) atoms. The fourth-order valence-corrected chi connectivity index (χ4v) is 2.04. The minimum absolute atomic E-state index is 0. The molecule has 2 nitrogen and oxygen atoms in total. The molecule has 0 amide bonds. The molecule has 0 saturated heterocycles. The molecule has 90 valence electrons. The van der Waals surface area contributed by atoms with Gasteiger partial charge in [0.25, 0.3) is 0 Å². The zero-order chi connectivity index (χ0) is 11.6. The molecule has 1 rings (SSSR count). The predicted octanol–water partition coefficient (Wildman–Crippen LogP) is 4.09. The number of hydrogen-bond acceptors (Lipinski definition) is 2. The maximum atomic E-state index is 9.68. The fourth-order valence-electron chi connectivity index (χ4n) is 1.42. The summed E-state index contributed by atoms with van der Waals surface area (Å²) in [5, 5.41) is 10.5. The lowest BCUT2D eigenvalue weighted by Crippen LogP contribution is -2.11. The average molecular weight is 283 g/mol. The Morgan fingerprint density at radius 2 is 2.06 bits per heavy atom. The molecule has 1 aromatic carbocycles. The van der Waals surface area contributed by atoms with Crippen molar-refractivity contribution in [1.29, 1.82) is 0 Å². The molecule has 0 radical (unpaired) electrons. The molecule has 0 fully saturated rings. The average Bonchev–Trinajstić information content (AvgIpc) is 1.99. The summed E-state index contributed by atoms with van der Waals surface area (Å²) in [6, 6.07) is 2.64. The van der Waals surface area contributed by atoms with Crippen molar-refractivity contribution >= 4 is 35.6 Å². The molecular formula is C11H14Cl3NO. The van der Waals surface area contributed by atoms with E-state index in [1.807, 2.05) is 6.92 Å². The summed E-state index contributed by atoms with van der Waals surface area (Å²) in [5.41, 5.74) is 7.35. The van der Waals surface area contributed by atoms with Crippen LogP contribution in [0, 0.1) is 0 Å². The highest BCUT2D eigenvalue weighted by Gasteiger charge is 2.15. The van der Waals surface area contributed by atoms with E-state index in [0.717, 1.165) is 5.57 Å². The highest BCUT2D eigenvalue weighted by molar-refractivity contribution is 6.35. The first-order chi connectivity index (χ1) is 6.91. The summed E-state index contributed by atoms with van der Waals surface area (Å²) in [6.07, 6.45) is 0.578. The van der Waals surface area contributed by atoms with Crippen molar-refractivity contribution in [2.45, 2.75) is 19.4 Å². The van der Waals surface area contributed by atoms with Crippen molar-refractivity contribution in [3.05, 3.63) is 39.9 Å². The summed E-state index contributed by atoms with van der Waals surface area (Å²) in [6.45, 7) is 5.64. The first-order valence-electron chi connectivity index (χ1n) is 4.49. The van der Waals surface area contributed by atoms with Gasteiger partial charge in [0.05, 0.1) is 5.02 Å². The number of nitrogens with two attached hydrogens (primary N) is 1. The van der Waals surface area contributed by atoms with E-state index in [1.54, 1.807) is 6.07 Å². The second-order valence-corrected chi connectivity index (χ2v) is 4.43. The first kappa shape index (κ1) is 15.6. The monoisotopic (exact) mass is 281 g/mol. The third-order valence-corrected chi connectivity index (χ3v) is 2.54. The minimum atomic E-state index is -0.354. The van der Waals surface area contributed by atoms with E-state index in [-0.39, 0.29) is 24.2 Å². The van der Waals surface area contributed by atoms with Crippen molar-refractivity contribution in [1.82, 2.24) is 0 Å². The lowest BCUT2D eigenvalue weighted by molar-refractivity contribution is 0.461. The fraction of sp³-hybridized carbons (Fsp3) is 0.273. The van der Waals surface area contributed by atoms with Gasteiger partial charge in [0.15, 0.2) is 0 Å². The van der Waals surface area contributed by atoms with Gasteiger partial charge in [-0.05, 0) is 25.5 Å². The summed E-state index contributed by atoms with van der Waals surface area (Å²) in [5.74, 6) is 0.0289. The van der Waals surface area contributed by atoms with Crippen LogP contribution >= 0.6 is 35.6 Å². The summed E-state index contributed by atoms with van der Waals surface area (Å²) in [4.78, 5) is 0. The van der Waals surface area contributed by atoms with Gasteiger partial charge in [-0.3, -0.25) is 0 Å². The molecule has 5 heteroatoms. The van der Waals surface area contributed by atoms with E-state index in [9.17, 15) is 5.11 Å². The van der Waals surface area contributed by atoms with Crippen molar-refractivity contribution in [3.63, 3.8) is 0 Å². The van der Waals surface area contributed by atoms with Crippen LogP contribution in [0.5, 0.6) is 5.75 Å². The van der Waals surface area contributed by atoms with Crippen LogP contribution < -0.4 is 5.73 Å². The van der Waals surface area contributed by atoms with Crippen LogP contribution in [0.4, 0.5) is 0 Å². The third-order valence-electron chi connectivity index (χ3n) is 2.01. The quantitative estimate of drug-likeness (QED) is 0.820. The molecule has 0 spiro atoms. The van der Waals surface area contributed by atoms with Gasteiger partial charge in [0.1, 0.15) is 5.75 Å². The number of rotatable bonds is 3. The summed E-state index contributed by atoms with van der Waals surface area (Å²) < 4.78 is 0. The van der Waals surface area contributed by atoms with Gasteiger partial charge in [-0.2, -0.15) is 0 Å². The Kier molecular flexibility index (Phi) is 6.19. The molecule has 0 saturated carbocycles. The van der Waals surface area contributed by atoms with E-state index >= 15 is 0 Å². The third kappa shape index (κ3) is 3.87. The van der Waals surface area contributed by atoms with Crippen molar-refractivity contribution in [2.24, 2.45) is 5.73 Å². The Morgan fingerprint density at radius 3 is 2.50 bits per heavy atom.